The number of benzene rings is 1. The lowest BCUT2D eigenvalue weighted by Gasteiger charge is -2.10. The number of hydrogen-bond acceptors (Lipinski definition) is 4. The lowest BCUT2D eigenvalue weighted by atomic mass is 10.1. The molecule has 108 valence electrons. The fraction of sp³-hybridized carbons (Fsp3) is 0. The number of nitrogen functional groups attached to an aromatic ring is 1. The van der Waals surface area contributed by atoms with Crippen molar-refractivity contribution in [1.82, 2.24) is 0 Å². The van der Waals surface area contributed by atoms with Gasteiger partial charge in [0, 0.05) is 6.07 Å². The number of hydrogen-bond donors (Lipinski definition) is 2. The van der Waals surface area contributed by atoms with Crippen LogP contribution in [0.2, 0.25) is 0 Å². The van der Waals surface area contributed by atoms with Crippen LogP contribution in [0.15, 0.2) is 60.8 Å². The molecule has 6 heteroatoms. The van der Waals surface area contributed by atoms with Crippen LogP contribution in [0.5, 0.6) is 0 Å². The summed E-state index contributed by atoms with van der Waals surface area (Å²) in [5, 5.41) is 19.5. The van der Waals surface area contributed by atoms with Crippen molar-refractivity contribution in [1.29, 1.82) is 0 Å². The monoisotopic (exact) mass is 286 g/mol. The van der Waals surface area contributed by atoms with E-state index in [0.717, 1.165) is 0 Å². The first kappa shape index (κ1) is 15.9. The number of anilines is 1. The maximum Gasteiger partial charge on any atom is 0.376 e. The van der Waals surface area contributed by atoms with E-state index < -0.39 is 17.5 Å². The summed E-state index contributed by atoms with van der Waals surface area (Å²) in [7, 11) is 0. The highest BCUT2D eigenvalue weighted by Crippen LogP contribution is 2.06. The minimum Gasteiger partial charge on any atom is -0.872 e. The highest BCUT2D eigenvalue weighted by atomic mass is 16.4. The summed E-state index contributed by atoms with van der Waals surface area (Å²) in [4.78, 5) is 23.6. The van der Waals surface area contributed by atoms with Gasteiger partial charge in [-0.1, -0.05) is 42.2 Å². The van der Waals surface area contributed by atoms with Gasteiger partial charge in [-0.25, -0.2) is 9.78 Å². The van der Waals surface area contributed by atoms with E-state index in [9.17, 15) is 14.7 Å². The van der Waals surface area contributed by atoms with Gasteiger partial charge in [-0.15, -0.1) is 0 Å². The molecule has 0 aliphatic rings. The van der Waals surface area contributed by atoms with E-state index in [1.165, 1.54) is 12.1 Å². The average molecular weight is 286 g/mol. The molecule has 2 aromatic rings. The number of pyridine rings is 1. The van der Waals surface area contributed by atoms with Crippen molar-refractivity contribution in [2.75, 3.05) is 5.73 Å². The van der Waals surface area contributed by atoms with Crippen molar-refractivity contribution in [2.24, 2.45) is 0 Å². The zero-order valence-electron chi connectivity index (χ0n) is 11.0. The number of ketones is 1. The van der Waals surface area contributed by atoms with Gasteiger partial charge in [-0.2, -0.15) is 0 Å². The normalized spacial score (nSPS) is 10.2. The van der Waals surface area contributed by atoms with E-state index in [1.807, 2.05) is 12.1 Å². The topological polar surface area (TPSA) is 118 Å². The van der Waals surface area contributed by atoms with E-state index in [2.05, 4.69) is 4.98 Å². The van der Waals surface area contributed by atoms with Crippen LogP contribution in [0.3, 0.4) is 0 Å². The van der Waals surface area contributed by atoms with Crippen molar-refractivity contribution in [2.45, 2.75) is 0 Å². The largest absolute Gasteiger partial charge is 0.872 e. The molecule has 0 atom stereocenters. The van der Waals surface area contributed by atoms with Crippen molar-refractivity contribution in [3.05, 3.63) is 66.4 Å². The molecule has 0 saturated heterocycles. The highest BCUT2D eigenvalue weighted by molar-refractivity contribution is 6.38. The van der Waals surface area contributed by atoms with E-state index in [-0.39, 0.29) is 0 Å². The third-order valence-corrected chi connectivity index (χ3v) is 2.26. The van der Waals surface area contributed by atoms with Crippen LogP contribution in [-0.4, -0.2) is 16.9 Å². The third kappa shape index (κ3) is 6.02. The number of aromatic amines is 1. The van der Waals surface area contributed by atoms with Gasteiger partial charge in [0.1, 0.15) is 0 Å². The molecular formula is C15H14N2O4. The van der Waals surface area contributed by atoms with E-state index in [1.54, 1.807) is 30.5 Å². The number of rotatable bonds is 3. The zero-order valence-corrected chi connectivity index (χ0v) is 11.0. The molecule has 0 aliphatic heterocycles. The Hall–Kier alpha value is -3.15. The Morgan fingerprint density at radius 3 is 2.14 bits per heavy atom. The fourth-order valence-electron chi connectivity index (χ4n) is 1.27. The number of aromatic nitrogens is 1. The molecule has 0 fully saturated rings. The maximum absolute atomic E-state index is 11.2. The van der Waals surface area contributed by atoms with E-state index in [0.29, 0.717) is 17.5 Å². The van der Waals surface area contributed by atoms with Crippen molar-refractivity contribution < 1.29 is 24.8 Å². The number of nitrogens with two attached hydrogens (primary N) is 1. The molecule has 0 aliphatic carbocycles. The van der Waals surface area contributed by atoms with Gasteiger partial charge in [0.05, 0.1) is 6.20 Å². The summed E-state index contributed by atoms with van der Waals surface area (Å²) < 4.78 is 0. The van der Waals surface area contributed by atoms with Gasteiger partial charge < -0.3 is 10.2 Å². The SMILES string of the molecule is Nc1cccc[nH+]1.O=C(O)C(=O)/C=C(\[O-])c1ccccc1. The van der Waals surface area contributed by atoms with E-state index in [4.69, 9.17) is 10.8 Å². The van der Waals surface area contributed by atoms with Crippen molar-refractivity contribution in [3.8, 4) is 0 Å². The second-order valence-electron chi connectivity index (χ2n) is 3.86. The highest BCUT2D eigenvalue weighted by Gasteiger charge is 2.06. The van der Waals surface area contributed by atoms with Gasteiger partial charge in [0.15, 0.2) is 0 Å². The Bertz CT molecular complexity index is 625. The lowest BCUT2D eigenvalue weighted by molar-refractivity contribution is -0.360. The van der Waals surface area contributed by atoms with Gasteiger partial charge in [-0.3, -0.25) is 10.5 Å². The van der Waals surface area contributed by atoms with Gasteiger partial charge in [0.25, 0.3) is 11.6 Å². The average Bonchev–Trinajstić information content (AvgIpc) is 2.49. The third-order valence-electron chi connectivity index (χ3n) is 2.26. The maximum atomic E-state index is 11.2. The Labute approximate surface area is 121 Å². The molecule has 0 bridgehead atoms. The molecular weight excluding hydrogens is 272 g/mol. The summed E-state index contributed by atoms with van der Waals surface area (Å²) >= 11 is 0. The van der Waals surface area contributed by atoms with Crippen LogP contribution in [0.25, 0.3) is 5.76 Å². The standard InChI is InChI=1S/C10H8O4.C5H6N2/c11-8(6-9(12)10(13)14)7-4-2-1-3-5-7;6-5-3-1-2-4-7-5/h1-6,11H,(H,13,14);1-4H,(H2,6,7)/b8-6-;. The van der Waals surface area contributed by atoms with E-state index >= 15 is 0 Å². The number of carbonyl (C=O) groups excluding carboxylic acids is 1. The van der Waals surface area contributed by atoms with Crippen LogP contribution >= 0.6 is 0 Å². The molecule has 1 aromatic carbocycles. The van der Waals surface area contributed by atoms with Crippen molar-refractivity contribution in [3.63, 3.8) is 0 Å². The van der Waals surface area contributed by atoms with Crippen LogP contribution in [-0.2, 0) is 9.59 Å². The molecule has 0 spiro atoms. The molecule has 21 heavy (non-hydrogen) atoms. The molecule has 4 N–H and O–H groups in total. The fourth-order valence-corrected chi connectivity index (χ4v) is 1.27. The first-order valence-electron chi connectivity index (χ1n) is 5.94. The second-order valence-corrected chi connectivity index (χ2v) is 3.86. The van der Waals surface area contributed by atoms with Crippen LogP contribution in [0.1, 0.15) is 5.56 Å². The predicted octanol–water partition coefficient (Wildman–Crippen LogP) is 0.124. The Balaban J connectivity index is 0.000000262. The number of carboxylic acids is 1. The second kappa shape index (κ2) is 8.11. The van der Waals surface area contributed by atoms with Crippen LogP contribution in [0, 0.1) is 0 Å². The first-order valence-corrected chi connectivity index (χ1v) is 5.94. The number of carboxylic acid groups (broad SMARTS) is 1. The Kier molecular flexibility index (Phi) is 6.14. The molecule has 0 amide bonds. The summed E-state index contributed by atoms with van der Waals surface area (Å²) in [6.45, 7) is 0. The number of carbonyl (C=O) groups is 2. The quantitative estimate of drug-likeness (QED) is 0.472. The minimum absolute atomic E-state index is 0.294. The summed E-state index contributed by atoms with van der Waals surface area (Å²) in [6, 6.07) is 13.6. The predicted molar refractivity (Wildman–Crippen MR) is 74.5 cm³/mol. The van der Waals surface area contributed by atoms with Crippen LogP contribution in [0.4, 0.5) is 5.82 Å². The van der Waals surface area contributed by atoms with Gasteiger partial charge in [0.2, 0.25) is 0 Å². The first-order chi connectivity index (χ1) is 10.0. The number of aliphatic carboxylic acids is 1. The lowest BCUT2D eigenvalue weighted by Crippen LogP contribution is -2.13. The van der Waals surface area contributed by atoms with Crippen LogP contribution < -0.4 is 15.8 Å². The molecule has 0 radical (unpaired) electrons. The number of nitrogens with one attached hydrogen (secondary N) is 1. The summed E-state index contributed by atoms with van der Waals surface area (Å²) in [5.74, 6) is -2.74. The Morgan fingerprint density at radius 2 is 1.71 bits per heavy atom. The molecule has 2 rings (SSSR count). The van der Waals surface area contributed by atoms with Gasteiger partial charge in [-0.05, 0) is 17.7 Å². The minimum atomic E-state index is -1.63. The molecule has 0 saturated carbocycles. The zero-order chi connectivity index (χ0) is 15.7. The van der Waals surface area contributed by atoms with Crippen molar-refractivity contribution >= 4 is 23.3 Å². The molecule has 6 nitrogen and oxygen atoms in total. The molecule has 0 unspecified atom stereocenters. The number of H-pyrrole nitrogens is 1. The summed E-state index contributed by atoms with van der Waals surface area (Å²) in [5.41, 5.74) is 5.60. The summed E-state index contributed by atoms with van der Waals surface area (Å²) in [6.07, 6.45) is 2.35. The molecule has 1 heterocycles. The Morgan fingerprint density at radius 1 is 1.10 bits per heavy atom. The smallest absolute Gasteiger partial charge is 0.376 e. The molecule has 1 aromatic heterocycles. The van der Waals surface area contributed by atoms with Gasteiger partial charge >= 0.3 is 5.97 Å².